The normalized spacial score (nSPS) is 29.9. The molecule has 0 aromatic heterocycles. The molecule has 0 spiro atoms. The number of nitrogens with one attached hydrogen (secondary N) is 2. The Hall–Kier alpha value is -1.59. The molecule has 2 unspecified atom stereocenters. The molecule has 0 aromatic carbocycles. The van der Waals surface area contributed by atoms with Gasteiger partial charge in [0.25, 0.3) is 5.91 Å². The number of hydrogen-bond acceptors (Lipinski definition) is 3. The molecule has 1 saturated heterocycles. The summed E-state index contributed by atoms with van der Waals surface area (Å²) in [6, 6.07) is -0.909. The molecule has 2 aliphatic rings. The lowest BCUT2D eigenvalue weighted by Crippen LogP contribution is -2.57. The highest BCUT2D eigenvalue weighted by Crippen LogP contribution is 2.19. The summed E-state index contributed by atoms with van der Waals surface area (Å²) >= 11 is 0. The minimum atomic E-state index is -0.568. The third-order valence-corrected chi connectivity index (χ3v) is 2.45. The first-order valence-corrected chi connectivity index (χ1v) is 4.83. The molecule has 2 rings (SSSR count). The van der Waals surface area contributed by atoms with Crippen LogP contribution >= 0.6 is 0 Å². The van der Waals surface area contributed by atoms with E-state index < -0.39 is 12.2 Å². The van der Waals surface area contributed by atoms with Gasteiger partial charge >= 0.3 is 6.03 Å². The van der Waals surface area contributed by atoms with E-state index in [0.29, 0.717) is 0 Å². The Bertz CT molecular complexity index is 345. The second-order valence-electron chi connectivity index (χ2n) is 4.68. The van der Waals surface area contributed by atoms with Crippen LogP contribution in [0, 0.1) is 0 Å². The predicted octanol–water partition coefficient (Wildman–Crippen LogP) is -0.337. The van der Waals surface area contributed by atoms with Crippen LogP contribution in [0.25, 0.3) is 0 Å². The predicted molar refractivity (Wildman–Crippen MR) is 54.3 cm³/mol. The number of rotatable bonds is 0. The highest BCUT2D eigenvalue weighted by Gasteiger charge is 2.43. The summed E-state index contributed by atoms with van der Waals surface area (Å²) in [4.78, 5) is 28.7. The Morgan fingerprint density at radius 3 is 2.60 bits per heavy atom. The van der Waals surface area contributed by atoms with Gasteiger partial charge < -0.3 is 10.6 Å². The van der Waals surface area contributed by atoms with E-state index >= 15 is 0 Å². The number of aliphatic imine (C=N–C) groups is 1. The zero-order valence-corrected chi connectivity index (χ0v) is 8.94. The van der Waals surface area contributed by atoms with Crippen LogP contribution in [-0.4, -0.2) is 40.9 Å². The van der Waals surface area contributed by atoms with Gasteiger partial charge in [0.1, 0.15) is 0 Å². The number of hydrogen-bond donors (Lipinski definition) is 2. The third-order valence-electron chi connectivity index (χ3n) is 2.45. The maximum absolute atomic E-state index is 12.0. The summed E-state index contributed by atoms with van der Waals surface area (Å²) in [5, 5.41) is 5.12. The van der Waals surface area contributed by atoms with Crippen LogP contribution in [0.5, 0.6) is 0 Å². The van der Waals surface area contributed by atoms with Crippen LogP contribution in [-0.2, 0) is 4.79 Å². The van der Waals surface area contributed by atoms with Crippen molar-refractivity contribution in [1.29, 1.82) is 0 Å². The monoisotopic (exact) mass is 210 g/mol. The van der Waals surface area contributed by atoms with Crippen LogP contribution in [0.2, 0.25) is 0 Å². The minimum absolute atomic E-state index is 0.124. The molecule has 2 aliphatic heterocycles. The first-order chi connectivity index (χ1) is 6.89. The van der Waals surface area contributed by atoms with E-state index in [9.17, 15) is 9.59 Å². The highest BCUT2D eigenvalue weighted by molar-refractivity contribution is 5.99. The fourth-order valence-corrected chi connectivity index (χ4v) is 1.65. The molecular formula is C9H14N4O2. The van der Waals surface area contributed by atoms with Gasteiger partial charge in [0.2, 0.25) is 0 Å². The van der Waals surface area contributed by atoms with E-state index in [1.165, 1.54) is 6.34 Å². The van der Waals surface area contributed by atoms with E-state index in [1.807, 2.05) is 20.8 Å². The summed E-state index contributed by atoms with van der Waals surface area (Å²) in [7, 11) is 0. The Morgan fingerprint density at radius 2 is 2.00 bits per heavy atom. The fraction of sp³-hybridized carbons (Fsp3) is 0.667. The topological polar surface area (TPSA) is 73.8 Å². The van der Waals surface area contributed by atoms with Gasteiger partial charge in [0, 0.05) is 5.54 Å². The van der Waals surface area contributed by atoms with Crippen LogP contribution in [0.3, 0.4) is 0 Å². The molecule has 2 N–H and O–H groups in total. The van der Waals surface area contributed by atoms with E-state index in [-0.39, 0.29) is 17.5 Å². The standard InChI is InChI=1S/C9H14N4O2/c1-9(2,3)13-4-10-6-5(7(13)14)11-8(15)12-6/h4-6H,1-3H3,(H2,11,12,15). The van der Waals surface area contributed by atoms with Gasteiger partial charge in [-0.2, -0.15) is 0 Å². The molecule has 6 heteroatoms. The zero-order valence-electron chi connectivity index (χ0n) is 8.94. The molecule has 1 fully saturated rings. The molecule has 3 amide bonds. The largest absolute Gasteiger partial charge is 0.322 e. The Balaban J connectivity index is 2.26. The van der Waals surface area contributed by atoms with Crippen molar-refractivity contribution in [3.05, 3.63) is 0 Å². The Morgan fingerprint density at radius 1 is 1.33 bits per heavy atom. The zero-order chi connectivity index (χ0) is 11.2. The number of urea groups is 1. The van der Waals surface area contributed by atoms with Crippen LogP contribution in [0.4, 0.5) is 4.79 Å². The van der Waals surface area contributed by atoms with Crippen molar-refractivity contribution in [3.63, 3.8) is 0 Å². The van der Waals surface area contributed by atoms with E-state index in [4.69, 9.17) is 0 Å². The molecule has 15 heavy (non-hydrogen) atoms. The van der Waals surface area contributed by atoms with Gasteiger partial charge in [-0.05, 0) is 20.8 Å². The SMILES string of the molecule is CC(C)(C)N1C=NC2NC(=O)NC2C1=O. The molecule has 0 saturated carbocycles. The number of fused-ring (bicyclic) bond motifs is 1. The third kappa shape index (κ3) is 1.55. The number of amides is 3. The van der Waals surface area contributed by atoms with Gasteiger partial charge in [-0.1, -0.05) is 0 Å². The van der Waals surface area contributed by atoms with Gasteiger partial charge in [0.05, 0.1) is 6.34 Å². The maximum Gasteiger partial charge on any atom is 0.317 e. The van der Waals surface area contributed by atoms with Crippen molar-refractivity contribution in [2.24, 2.45) is 4.99 Å². The van der Waals surface area contributed by atoms with Crippen molar-refractivity contribution < 1.29 is 9.59 Å². The average Bonchev–Trinajstić information content (AvgIpc) is 2.44. The lowest BCUT2D eigenvalue weighted by atomic mass is 10.0. The molecule has 2 atom stereocenters. The van der Waals surface area contributed by atoms with Crippen LogP contribution in [0.1, 0.15) is 20.8 Å². The Kier molecular flexibility index (Phi) is 1.95. The summed E-state index contributed by atoms with van der Waals surface area (Å²) in [5.41, 5.74) is -0.321. The van der Waals surface area contributed by atoms with Crippen molar-refractivity contribution >= 4 is 18.3 Å². The minimum Gasteiger partial charge on any atom is -0.322 e. The molecule has 0 aliphatic carbocycles. The molecular weight excluding hydrogens is 196 g/mol. The Labute approximate surface area is 87.7 Å². The van der Waals surface area contributed by atoms with Crippen molar-refractivity contribution in [2.75, 3.05) is 0 Å². The number of carbonyl (C=O) groups excluding carboxylic acids is 2. The molecule has 6 nitrogen and oxygen atoms in total. The highest BCUT2D eigenvalue weighted by atomic mass is 16.2. The lowest BCUT2D eigenvalue weighted by Gasteiger charge is -2.36. The van der Waals surface area contributed by atoms with Gasteiger partial charge in [-0.3, -0.25) is 9.69 Å². The number of carbonyl (C=O) groups is 2. The quantitative estimate of drug-likeness (QED) is 0.574. The first kappa shape index (κ1) is 9.95. The summed E-state index contributed by atoms with van der Waals surface area (Å²) < 4.78 is 0. The number of nitrogens with zero attached hydrogens (tertiary/aromatic N) is 2. The van der Waals surface area contributed by atoms with Gasteiger partial charge in [-0.25, -0.2) is 9.79 Å². The van der Waals surface area contributed by atoms with E-state index in [2.05, 4.69) is 15.6 Å². The molecule has 0 bridgehead atoms. The van der Waals surface area contributed by atoms with Crippen molar-refractivity contribution in [2.45, 2.75) is 38.5 Å². The second kappa shape index (κ2) is 2.95. The maximum atomic E-state index is 12.0. The lowest BCUT2D eigenvalue weighted by molar-refractivity contribution is -0.133. The second-order valence-corrected chi connectivity index (χ2v) is 4.68. The summed E-state index contributed by atoms with van der Waals surface area (Å²) in [6.45, 7) is 5.75. The summed E-state index contributed by atoms with van der Waals surface area (Å²) in [6.07, 6.45) is 1.04. The molecule has 82 valence electrons. The van der Waals surface area contributed by atoms with Crippen molar-refractivity contribution in [3.8, 4) is 0 Å². The smallest absolute Gasteiger partial charge is 0.317 e. The molecule has 0 radical (unpaired) electrons. The fourth-order valence-electron chi connectivity index (χ4n) is 1.65. The van der Waals surface area contributed by atoms with Crippen LogP contribution < -0.4 is 10.6 Å². The summed E-state index contributed by atoms with van der Waals surface area (Å²) in [5.74, 6) is -0.124. The van der Waals surface area contributed by atoms with Gasteiger partial charge in [0.15, 0.2) is 12.2 Å². The molecule has 0 aromatic rings. The van der Waals surface area contributed by atoms with E-state index in [1.54, 1.807) is 4.90 Å². The van der Waals surface area contributed by atoms with E-state index in [0.717, 1.165) is 0 Å². The molecule has 2 heterocycles. The first-order valence-electron chi connectivity index (χ1n) is 4.83. The van der Waals surface area contributed by atoms with Gasteiger partial charge in [-0.15, -0.1) is 0 Å². The van der Waals surface area contributed by atoms with Crippen molar-refractivity contribution in [1.82, 2.24) is 15.5 Å². The van der Waals surface area contributed by atoms with Crippen LogP contribution in [0.15, 0.2) is 4.99 Å². The average molecular weight is 210 g/mol.